The molecule has 2 N–H and O–H groups in total. The van der Waals surface area contributed by atoms with E-state index in [1.165, 1.54) is 6.07 Å². The van der Waals surface area contributed by atoms with E-state index in [1.807, 2.05) is 12.1 Å². The largest absolute Gasteiger partial charge is 0.478 e. The molecule has 0 saturated heterocycles. The summed E-state index contributed by atoms with van der Waals surface area (Å²) in [5.74, 6) is -0.595. The molecule has 124 valence electrons. The van der Waals surface area contributed by atoms with Crippen LogP contribution in [0.2, 0.25) is 0 Å². The van der Waals surface area contributed by atoms with Crippen LogP contribution < -0.4 is 0 Å². The molecule has 25 heavy (non-hydrogen) atoms. The molecule has 2 aromatic carbocycles. The van der Waals surface area contributed by atoms with Crippen LogP contribution in [0.3, 0.4) is 0 Å². The second kappa shape index (κ2) is 5.63. The molecule has 2 heterocycles. The lowest BCUT2D eigenvalue weighted by atomic mass is 10.1. The monoisotopic (exact) mass is 335 g/mol. The Bertz CT molecular complexity index is 1050. The molecule has 4 aromatic rings. The summed E-state index contributed by atoms with van der Waals surface area (Å²) < 4.78 is 19.5. The van der Waals surface area contributed by atoms with E-state index in [4.69, 9.17) is 9.52 Å². The van der Waals surface area contributed by atoms with Gasteiger partial charge in [0.15, 0.2) is 5.76 Å². The fourth-order valence-electron chi connectivity index (χ4n) is 2.79. The molecule has 0 saturated carbocycles. The van der Waals surface area contributed by atoms with Crippen LogP contribution in [0.15, 0.2) is 59.0 Å². The summed E-state index contributed by atoms with van der Waals surface area (Å²) in [7, 11) is 0. The highest BCUT2D eigenvalue weighted by Gasteiger charge is 2.11. The van der Waals surface area contributed by atoms with Crippen LogP contribution in [-0.2, 0) is 0 Å². The number of halogens is 1. The number of aromatic carboxylic acids is 1. The van der Waals surface area contributed by atoms with Crippen molar-refractivity contribution in [2.24, 2.45) is 0 Å². The second-order valence-electron chi connectivity index (χ2n) is 5.92. The fraction of sp³-hybridized carbons (Fsp3) is 0.0500. The third kappa shape index (κ3) is 2.70. The van der Waals surface area contributed by atoms with Gasteiger partial charge in [0.05, 0.1) is 11.3 Å². The highest BCUT2D eigenvalue weighted by atomic mass is 19.1. The van der Waals surface area contributed by atoms with E-state index in [2.05, 4.69) is 4.98 Å². The minimum absolute atomic E-state index is 0.241. The van der Waals surface area contributed by atoms with Crippen molar-refractivity contribution in [3.8, 4) is 22.7 Å². The normalized spacial score (nSPS) is 11.1. The van der Waals surface area contributed by atoms with Crippen molar-refractivity contribution in [3.05, 3.63) is 71.5 Å². The van der Waals surface area contributed by atoms with Crippen LogP contribution in [0, 0.1) is 12.7 Å². The standard InChI is InChI=1S/C20H14FNO3/c1-11-8-18-14(9-15(11)21)10-19(25-18)17-7-6-16(22-17)12-2-4-13(5-3-12)20(23)24/h2-10,22H,1H3,(H,23,24). The highest BCUT2D eigenvalue weighted by molar-refractivity contribution is 5.88. The maximum absolute atomic E-state index is 13.7. The van der Waals surface area contributed by atoms with Crippen LogP contribution in [0.5, 0.6) is 0 Å². The molecule has 2 aromatic heterocycles. The first-order chi connectivity index (χ1) is 12.0. The predicted octanol–water partition coefficient (Wildman–Crippen LogP) is 5.24. The molecule has 0 unspecified atom stereocenters. The first-order valence-electron chi connectivity index (χ1n) is 7.74. The Hall–Kier alpha value is -3.34. The molecule has 4 nitrogen and oxygen atoms in total. The first-order valence-corrected chi connectivity index (χ1v) is 7.74. The molecule has 4 rings (SSSR count). The molecule has 0 radical (unpaired) electrons. The maximum atomic E-state index is 13.7. The van der Waals surface area contributed by atoms with E-state index < -0.39 is 5.97 Å². The van der Waals surface area contributed by atoms with E-state index >= 15 is 0 Å². The average molecular weight is 335 g/mol. The van der Waals surface area contributed by atoms with E-state index in [1.54, 1.807) is 43.3 Å². The topological polar surface area (TPSA) is 66.2 Å². The van der Waals surface area contributed by atoms with Crippen LogP contribution in [0.25, 0.3) is 33.7 Å². The van der Waals surface area contributed by atoms with Gasteiger partial charge in [0, 0.05) is 11.1 Å². The predicted molar refractivity (Wildman–Crippen MR) is 93.1 cm³/mol. The van der Waals surface area contributed by atoms with Gasteiger partial charge in [-0.15, -0.1) is 0 Å². The summed E-state index contributed by atoms with van der Waals surface area (Å²) in [6.07, 6.45) is 0. The molecular weight excluding hydrogens is 321 g/mol. The number of fused-ring (bicyclic) bond motifs is 1. The molecule has 0 fully saturated rings. The molecule has 0 bridgehead atoms. The molecule has 0 amide bonds. The van der Waals surface area contributed by atoms with Crippen molar-refractivity contribution < 1.29 is 18.7 Å². The van der Waals surface area contributed by atoms with Gasteiger partial charge >= 0.3 is 5.97 Å². The van der Waals surface area contributed by atoms with Crippen molar-refractivity contribution in [2.45, 2.75) is 6.92 Å². The number of aromatic amines is 1. The number of carboxylic acid groups (broad SMARTS) is 1. The van der Waals surface area contributed by atoms with Gasteiger partial charge in [0.1, 0.15) is 11.4 Å². The zero-order chi connectivity index (χ0) is 17.6. The smallest absolute Gasteiger partial charge is 0.335 e. The summed E-state index contributed by atoms with van der Waals surface area (Å²) in [4.78, 5) is 14.2. The number of aromatic nitrogens is 1. The third-order valence-corrected chi connectivity index (χ3v) is 4.19. The minimum Gasteiger partial charge on any atom is -0.478 e. The van der Waals surface area contributed by atoms with E-state index in [0.29, 0.717) is 22.3 Å². The lowest BCUT2D eigenvalue weighted by molar-refractivity contribution is 0.0697. The third-order valence-electron chi connectivity index (χ3n) is 4.19. The van der Waals surface area contributed by atoms with E-state index in [-0.39, 0.29) is 11.4 Å². The Morgan fingerprint density at radius 2 is 1.76 bits per heavy atom. The number of hydrogen-bond acceptors (Lipinski definition) is 2. The molecule has 0 aliphatic carbocycles. The van der Waals surface area contributed by atoms with Crippen LogP contribution in [0.1, 0.15) is 15.9 Å². The molecule has 0 spiro atoms. The molecule has 0 aliphatic rings. The Morgan fingerprint density at radius 1 is 1.04 bits per heavy atom. The van der Waals surface area contributed by atoms with Crippen molar-refractivity contribution >= 4 is 16.9 Å². The lowest BCUT2D eigenvalue weighted by Crippen LogP contribution is -1.94. The first kappa shape index (κ1) is 15.2. The summed E-state index contributed by atoms with van der Waals surface area (Å²) in [5.41, 5.74) is 3.90. The Labute approximate surface area is 142 Å². The van der Waals surface area contributed by atoms with Gasteiger partial charge < -0.3 is 14.5 Å². The minimum atomic E-state index is -0.955. The molecular formula is C20H14FNO3. The average Bonchev–Trinajstić information content (AvgIpc) is 3.22. The van der Waals surface area contributed by atoms with Crippen molar-refractivity contribution in [2.75, 3.05) is 0 Å². The van der Waals surface area contributed by atoms with Gasteiger partial charge in [-0.05, 0) is 60.5 Å². The van der Waals surface area contributed by atoms with Gasteiger partial charge in [-0.1, -0.05) is 12.1 Å². The van der Waals surface area contributed by atoms with Crippen molar-refractivity contribution in [1.82, 2.24) is 4.98 Å². The van der Waals surface area contributed by atoms with E-state index in [0.717, 1.165) is 17.0 Å². The summed E-state index contributed by atoms with van der Waals surface area (Å²) in [6, 6.07) is 15.3. The Balaban J connectivity index is 1.70. The van der Waals surface area contributed by atoms with Crippen molar-refractivity contribution in [1.29, 1.82) is 0 Å². The maximum Gasteiger partial charge on any atom is 0.335 e. The summed E-state index contributed by atoms with van der Waals surface area (Å²) in [6.45, 7) is 1.70. The number of benzene rings is 2. The van der Waals surface area contributed by atoms with Crippen LogP contribution in [-0.4, -0.2) is 16.1 Å². The molecule has 0 atom stereocenters. The number of H-pyrrole nitrogens is 1. The number of rotatable bonds is 3. The summed E-state index contributed by atoms with van der Waals surface area (Å²) >= 11 is 0. The number of carbonyl (C=O) groups is 1. The fourth-order valence-corrected chi connectivity index (χ4v) is 2.79. The van der Waals surface area contributed by atoms with Gasteiger partial charge in [-0.2, -0.15) is 0 Å². The van der Waals surface area contributed by atoms with Gasteiger partial charge in [0.2, 0.25) is 0 Å². The number of aryl methyl sites for hydroxylation is 1. The molecule has 0 aliphatic heterocycles. The SMILES string of the molecule is Cc1cc2oc(-c3ccc(-c4ccc(C(=O)O)cc4)[nH]3)cc2cc1F. The zero-order valence-corrected chi connectivity index (χ0v) is 13.3. The van der Waals surface area contributed by atoms with Gasteiger partial charge in [-0.25, -0.2) is 9.18 Å². The zero-order valence-electron chi connectivity index (χ0n) is 13.3. The second-order valence-corrected chi connectivity index (χ2v) is 5.92. The van der Waals surface area contributed by atoms with Crippen LogP contribution >= 0.6 is 0 Å². The Morgan fingerprint density at radius 3 is 2.48 bits per heavy atom. The summed E-state index contributed by atoms with van der Waals surface area (Å²) in [5, 5.41) is 9.67. The number of nitrogens with one attached hydrogen (secondary N) is 1. The lowest BCUT2D eigenvalue weighted by Gasteiger charge is -1.99. The number of carboxylic acids is 1. The Kier molecular flexibility index (Phi) is 3.42. The van der Waals surface area contributed by atoms with E-state index in [9.17, 15) is 9.18 Å². The number of furan rings is 1. The number of hydrogen-bond donors (Lipinski definition) is 2. The highest BCUT2D eigenvalue weighted by Crippen LogP contribution is 2.30. The van der Waals surface area contributed by atoms with Crippen LogP contribution in [0.4, 0.5) is 4.39 Å². The molecule has 5 heteroatoms. The van der Waals surface area contributed by atoms with Crippen molar-refractivity contribution in [3.63, 3.8) is 0 Å². The van der Waals surface area contributed by atoms with Gasteiger partial charge in [0.25, 0.3) is 0 Å². The van der Waals surface area contributed by atoms with Gasteiger partial charge in [-0.3, -0.25) is 0 Å². The quantitative estimate of drug-likeness (QED) is 0.538.